The van der Waals surface area contributed by atoms with Crippen molar-refractivity contribution in [2.45, 2.75) is 46.5 Å². The van der Waals surface area contributed by atoms with E-state index in [0.717, 1.165) is 53.6 Å². The topological polar surface area (TPSA) is 44.0 Å². The van der Waals surface area contributed by atoms with Gasteiger partial charge in [0, 0.05) is 24.7 Å². The summed E-state index contributed by atoms with van der Waals surface area (Å²) in [6, 6.07) is 10.8. The van der Waals surface area contributed by atoms with Crippen molar-refractivity contribution in [2.75, 3.05) is 18.4 Å². The molecule has 0 spiro atoms. The number of imidazole rings is 1. The highest BCUT2D eigenvalue weighted by Crippen LogP contribution is 2.28. The Bertz CT molecular complexity index is 977. The Kier molecular flexibility index (Phi) is 5.11. The number of aromatic amines is 1. The first-order valence-corrected chi connectivity index (χ1v) is 10.4. The fraction of sp³-hybridized carbons (Fsp3) is 0.391. The van der Waals surface area contributed by atoms with E-state index in [1.807, 2.05) is 0 Å². The first-order chi connectivity index (χ1) is 13.4. The lowest BCUT2D eigenvalue weighted by molar-refractivity contribution is 0.307. The fourth-order valence-electron chi connectivity index (χ4n) is 4.12. The van der Waals surface area contributed by atoms with Crippen LogP contribution in [0.2, 0.25) is 0 Å². The summed E-state index contributed by atoms with van der Waals surface area (Å²) in [5.41, 5.74) is 8.34. The Labute approximate surface area is 172 Å². The number of nitrogens with one attached hydrogen (secondary N) is 2. The van der Waals surface area contributed by atoms with Gasteiger partial charge in [0.05, 0.1) is 11.0 Å². The number of piperidine rings is 1. The fourth-order valence-corrected chi connectivity index (χ4v) is 4.40. The number of thiocarbonyl (C=S) groups is 1. The number of benzene rings is 2. The third kappa shape index (κ3) is 3.90. The van der Waals surface area contributed by atoms with Gasteiger partial charge in [-0.1, -0.05) is 6.07 Å². The van der Waals surface area contributed by atoms with Crippen LogP contribution in [0.5, 0.6) is 0 Å². The molecule has 3 aromatic rings. The van der Waals surface area contributed by atoms with Gasteiger partial charge in [0.2, 0.25) is 0 Å². The zero-order valence-corrected chi connectivity index (χ0v) is 17.9. The van der Waals surface area contributed by atoms with Crippen molar-refractivity contribution in [2.24, 2.45) is 0 Å². The van der Waals surface area contributed by atoms with Crippen molar-refractivity contribution in [1.29, 1.82) is 0 Å². The molecule has 0 amide bonds. The maximum atomic E-state index is 5.73. The molecule has 5 heteroatoms. The molecule has 2 N–H and O–H groups in total. The van der Waals surface area contributed by atoms with Crippen LogP contribution in [0.25, 0.3) is 11.0 Å². The minimum Gasteiger partial charge on any atom is -0.348 e. The second-order valence-electron chi connectivity index (χ2n) is 8.17. The standard InChI is InChI=1S/C23H28N4S/c1-14-8-15(2)10-19(9-14)24-23(28)27-7-5-6-18(13-27)22-25-20-11-16(3)17(4)12-21(20)26-22/h8-12,18H,5-7,13H2,1-4H3,(H,24,28)(H,25,26). The lowest BCUT2D eigenvalue weighted by Crippen LogP contribution is -2.41. The number of rotatable bonds is 2. The van der Waals surface area contributed by atoms with Crippen LogP contribution in [0.4, 0.5) is 5.69 Å². The maximum absolute atomic E-state index is 5.73. The number of aryl methyl sites for hydroxylation is 4. The molecular formula is C23H28N4S. The van der Waals surface area contributed by atoms with Gasteiger partial charge in [-0.25, -0.2) is 4.98 Å². The van der Waals surface area contributed by atoms with Crippen LogP contribution in [0, 0.1) is 27.7 Å². The Morgan fingerprint density at radius 3 is 2.54 bits per heavy atom. The van der Waals surface area contributed by atoms with Crippen LogP contribution in [-0.4, -0.2) is 33.1 Å². The Balaban J connectivity index is 1.50. The normalized spacial score (nSPS) is 17.1. The maximum Gasteiger partial charge on any atom is 0.173 e. The summed E-state index contributed by atoms with van der Waals surface area (Å²) in [6.07, 6.45) is 2.26. The second kappa shape index (κ2) is 7.55. The van der Waals surface area contributed by atoms with Gasteiger partial charge in [0.15, 0.2) is 5.11 Å². The van der Waals surface area contributed by atoms with Gasteiger partial charge in [-0.15, -0.1) is 0 Å². The monoisotopic (exact) mass is 392 g/mol. The van der Waals surface area contributed by atoms with Crippen molar-refractivity contribution < 1.29 is 0 Å². The van der Waals surface area contributed by atoms with Crippen LogP contribution in [0.1, 0.15) is 46.8 Å². The summed E-state index contributed by atoms with van der Waals surface area (Å²) < 4.78 is 0. The Hall–Kier alpha value is -2.40. The smallest absolute Gasteiger partial charge is 0.173 e. The first-order valence-electron chi connectivity index (χ1n) is 10.00. The predicted octanol–water partition coefficient (Wildman–Crippen LogP) is 5.37. The molecule has 1 fully saturated rings. The second-order valence-corrected chi connectivity index (χ2v) is 8.55. The minimum absolute atomic E-state index is 0.376. The zero-order valence-electron chi connectivity index (χ0n) is 17.1. The highest BCUT2D eigenvalue weighted by molar-refractivity contribution is 7.80. The Morgan fingerprint density at radius 1 is 1.07 bits per heavy atom. The first kappa shape index (κ1) is 18.9. The molecule has 1 atom stereocenters. The highest BCUT2D eigenvalue weighted by Gasteiger charge is 2.25. The molecule has 0 radical (unpaired) electrons. The van der Waals surface area contributed by atoms with Gasteiger partial charge >= 0.3 is 0 Å². The quantitative estimate of drug-likeness (QED) is 0.575. The lowest BCUT2D eigenvalue weighted by Gasteiger charge is -2.34. The van der Waals surface area contributed by atoms with E-state index in [2.05, 4.69) is 73.2 Å². The summed E-state index contributed by atoms with van der Waals surface area (Å²) in [5.74, 6) is 1.46. The average molecular weight is 393 g/mol. The van der Waals surface area contributed by atoms with E-state index in [-0.39, 0.29) is 0 Å². The van der Waals surface area contributed by atoms with E-state index in [1.165, 1.54) is 22.3 Å². The zero-order chi connectivity index (χ0) is 19.8. The summed E-state index contributed by atoms with van der Waals surface area (Å²) >= 11 is 5.73. The molecule has 2 aromatic carbocycles. The van der Waals surface area contributed by atoms with Gasteiger partial charge in [-0.2, -0.15) is 0 Å². The van der Waals surface area contributed by atoms with Crippen LogP contribution in [0.3, 0.4) is 0 Å². The SMILES string of the molecule is Cc1cc(C)cc(NC(=S)N2CCCC(c3nc4cc(C)c(C)cc4[nH]3)C2)c1. The molecule has 1 aliphatic heterocycles. The van der Waals surface area contributed by atoms with Crippen molar-refractivity contribution in [3.8, 4) is 0 Å². The molecule has 1 aliphatic rings. The summed E-state index contributed by atoms with van der Waals surface area (Å²) in [7, 11) is 0. The van der Waals surface area contributed by atoms with E-state index in [1.54, 1.807) is 0 Å². The highest BCUT2D eigenvalue weighted by atomic mass is 32.1. The largest absolute Gasteiger partial charge is 0.348 e. The molecule has 28 heavy (non-hydrogen) atoms. The van der Waals surface area contributed by atoms with Crippen molar-refractivity contribution in [1.82, 2.24) is 14.9 Å². The van der Waals surface area contributed by atoms with E-state index in [0.29, 0.717) is 5.92 Å². The number of aromatic nitrogens is 2. The van der Waals surface area contributed by atoms with Crippen LogP contribution in [0.15, 0.2) is 30.3 Å². The number of hydrogen-bond acceptors (Lipinski definition) is 2. The van der Waals surface area contributed by atoms with Crippen molar-refractivity contribution >= 4 is 34.1 Å². The summed E-state index contributed by atoms with van der Waals surface area (Å²) in [5, 5.41) is 4.24. The Morgan fingerprint density at radius 2 is 1.79 bits per heavy atom. The number of nitrogens with zero attached hydrogens (tertiary/aromatic N) is 2. The number of hydrogen-bond donors (Lipinski definition) is 2. The van der Waals surface area contributed by atoms with Gasteiger partial charge in [0.1, 0.15) is 5.82 Å². The van der Waals surface area contributed by atoms with E-state index >= 15 is 0 Å². The number of fused-ring (bicyclic) bond motifs is 1. The molecule has 0 aliphatic carbocycles. The molecule has 2 heterocycles. The number of likely N-dealkylation sites (tertiary alicyclic amines) is 1. The number of H-pyrrole nitrogens is 1. The predicted molar refractivity (Wildman–Crippen MR) is 121 cm³/mol. The molecular weight excluding hydrogens is 364 g/mol. The third-order valence-electron chi connectivity index (χ3n) is 5.68. The molecule has 146 valence electrons. The van der Waals surface area contributed by atoms with Crippen LogP contribution < -0.4 is 5.32 Å². The van der Waals surface area contributed by atoms with Gasteiger partial charge in [-0.05, 0) is 99.3 Å². The van der Waals surface area contributed by atoms with Crippen LogP contribution in [-0.2, 0) is 0 Å². The van der Waals surface area contributed by atoms with Gasteiger partial charge in [0.25, 0.3) is 0 Å². The number of anilines is 1. The van der Waals surface area contributed by atoms with E-state index in [4.69, 9.17) is 17.2 Å². The molecule has 0 bridgehead atoms. The molecule has 4 rings (SSSR count). The average Bonchev–Trinajstić information content (AvgIpc) is 3.04. The molecule has 4 nitrogen and oxygen atoms in total. The molecule has 1 aromatic heterocycles. The summed E-state index contributed by atoms with van der Waals surface area (Å²) in [4.78, 5) is 10.7. The third-order valence-corrected chi connectivity index (χ3v) is 6.04. The van der Waals surface area contributed by atoms with E-state index < -0.39 is 0 Å². The lowest BCUT2D eigenvalue weighted by atomic mass is 9.98. The van der Waals surface area contributed by atoms with Gasteiger partial charge in [-0.3, -0.25) is 0 Å². The van der Waals surface area contributed by atoms with Crippen molar-refractivity contribution in [3.63, 3.8) is 0 Å². The molecule has 1 saturated heterocycles. The molecule has 1 unspecified atom stereocenters. The minimum atomic E-state index is 0.376. The van der Waals surface area contributed by atoms with Gasteiger partial charge < -0.3 is 15.2 Å². The van der Waals surface area contributed by atoms with E-state index in [9.17, 15) is 0 Å². The summed E-state index contributed by atoms with van der Waals surface area (Å²) in [6.45, 7) is 10.4. The van der Waals surface area contributed by atoms with Crippen LogP contribution >= 0.6 is 12.2 Å². The molecule has 0 saturated carbocycles. The van der Waals surface area contributed by atoms with Crippen molar-refractivity contribution in [3.05, 3.63) is 58.4 Å².